The monoisotopic (exact) mass is 344 g/mol. The number of benzene rings is 1. The Morgan fingerprint density at radius 3 is 2.67 bits per heavy atom. The van der Waals surface area contributed by atoms with Crippen LogP contribution in [0.4, 0.5) is 11.5 Å². The van der Waals surface area contributed by atoms with Crippen LogP contribution in [0.5, 0.6) is 0 Å². The summed E-state index contributed by atoms with van der Waals surface area (Å²) in [5.74, 6) is 1.23. The average molecular weight is 345 g/mol. The fourth-order valence-electron chi connectivity index (χ4n) is 2.76. The molecular formula is C18H21ClN4O. The average Bonchev–Trinajstić information content (AvgIpc) is 2.60. The minimum absolute atomic E-state index is 0.0418. The van der Waals surface area contributed by atoms with Crippen LogP contribution in [0.2, 0.25) is 5.02 Å². The molecule has 1 amide bonds. The third-order valence-electron chi connectivity index (χ3n) is 4.47. The fourth-order valence-corrected chi connectivity index (χ4v) is 2.93. The van der Waals surface area contributed by atoms with Crippen LogP contribution in [0.3, 0.4) is 0 Å². The number of aromatic nitrogens is 2. The Morgan fingerprint density at radius 2 is 2.00 bits per heavy atom. The number of carbonyl (C=O) groups is 1. The van der Waals surface area contributed by atoms with Crippen LogP contribution in [0.15, 0.2) is 30.6 Å². The van der Waals surface area contributed by atoms with Crippen LogP contribution in [-0.2, 0) is 0 Å². The van der Waals surface area contributed by atoms with Crippen LogP contribution < -0.4 is 5.32 Å². The van der Waals surface area contributed by atoms with Gasteiger partial charge in [-0.3, -0.25) is 4.79 Å². The number of carbonyl (C=O) groups excluding carboxylic acids is 1. The summed E-state index contributed by atoms with van der Waals surface area (Å²) < 4.78 is 0. The first-order valence-electron chi connectivity index (χ1n) is 8.18. The van der Waals surface area contributed by atoms with Crippen LogP contribution in [0.25, 0.3) is 0 Å². The first kappa shape index (κ1) is 16.7. The van der Waals surface area contributed by atoms with E-state index in [2.05, 4.69) is 22.2 Å². The van der Waals surface area contributed by atoms with Crippen molar-refractivity contribution in [3.8, 4) is 0 Å². The number of nitrogens with one attached hydrogen (secondary N) is 1. The Hall–Kier alpha value is -2.14. The second-order valence-corrected chi connectivity index (χ2v) is 6.71. The van der Waals surface area contributed by atoms with Gasteiger partial charge < -0.3 is 10.2 Å². The zero-order valence-corrected chi connectivity index (χ0v) is 14.7. The number of hydrogen-bond acceptors (Lipinski definition) is 4. The standard InChI is InChI=1S/C18H21ClN4O/c1-12-6-8-23(9-7-12)18(24)16-10-21-17(11-20-16)22-15-5-3-4-14(19)13(15)2/h3-5,10-12H,6-9H2,1-2H3,(H,21,22). The molecular weight excluding hydrogens is 324 g/mol. The maximum absolute atomic E-state index is 12.5. The zero-order chi connectivity index (χ0) is 17.1. The van der Waals surface area contributed by atoms with E-state index < -0.39 is 0 Å². The molecule has 6 heteroatoms. The number of amides is 1. The molecule has 3 rings (SSSR count). The normalized spacial score (nSPS) is 15.4. The summed E-state index contributed by atoms with van der Waals surface area (Å²) in [6.45, 7) is 5.75. The van der Waals surface area contributed by atoms with Crippen molar-refractivity contribution in [2.75, 3.05) is 18.4 Å². The molecule has 0 aliphatic carbocycles. The Bertz CT molecular complexity index is 724. The third kappa shape index (κ3) is 3.67. The van der Waals surface area contributed by atoms with E-state index in [0.717, 1.165) is 37.2 Å². The molecule has 1 aliphatic heterocycles. The lowest BCUT2D eigenvalue weighted by molar-refractivity contribution is 0.0691. The lowest BCUT2D eigenvalue weighted by Crippen LogP contribution is -2.38. The van der Waals surface area contributed by atoms with Crippen molar-refractivity contribution in [1.82, 2.24) is 14.9 Å². The number of nitrogens with zero attached hydrogens (tertiary/aromatic N) is 3. The zero-order valence-electron chi connectivity index (χ0n) is 13.9. The lowest BCUT2D eigenvalue weighted by Gasteiger charge is -2.29. The summed E-state index contributed by atoms with van der Waals surface area (Å²) in [7, 11) is 0. The predicted octanol–water partition coefficient (Wildman–Crippen LogP) is 4.05. The maximum Gasteiger partial charge on any atom is 0.274 e. The SMILES string of the molecule is Cc1c(Cl)cccc1Nc1cnc(C(=O)N2CCC(C)CC2)cn1. The molecule has 24 heavy (non-hydrogen) atoms. The second-order valence-electron chi connectivity index (χ2n) is 6.30. The van der Waals surface area contributed by atoms with Crippen LogP contribution in [0.1, 0.15) is 35.8 Å². The van der Waals surface area contributed by atoms with Gasteiger partial charge in [-0.25, -0.2) is 9.97 Å². The lowest BCUT2D eigenvalue weighted by atomic mass is 9.99. The van der Waals surface area contributed by atoms with E-state index in [1.807, 2.05) is 30.0 Å². The second kappa shape index (κ2) is 7.18. The molecule has 0 bridgehead atoms. The topological polar surface area (TPSA) is 58.1 Å². The number of halogens is 1. The van der Waals surface area contributed by atoms with Gasteiger partial charge in [-0.05, 0) is 43.4 Å². The Morgan fingerprint density at radius 1 is 1.25 bits per heavy atom. The smallest absolute Gasteiger partial charge is 0.274 e. The van der Waals surface area contributed by atoms with Gasteiger partial charge in [0.05, 0.1) is 12.4 Å². The minimum Gasteiger partial charge on any atom is -0.339 e. The van der Waals surface area contributed by atoms with E-state index in [9.17, 15) is 4.79 Å². The molecule has 1 N–H and O–H groups in total. The predicted molar refractivity (Wildman–Crippen MR) is 95.8 cm³/mol. The van der Waals surface area contributed by atoms with Crippen molar-refractivity contribution in [1.29, 1.82) is 0 Å². The van der Waals surface area contributed by atoms with Gasteiger partial charge in [0.1, 0.15) is 11.5 Å². The summed E-state index contributed by atoms with van der Waals surface area (Å²) in [5.41, 5.74) is 2.21. The molecule has 0 spiro atoms. The van der Waals surface area contributed by atoms with Crippen LogP contribution in [0, 0.1) is 12.8 Å². The van der Waals surface area contributed by atoms with Gasteiger partial charge in [0, 0.05) is 23.8 Å². The van der Waals surface area contributed by atoms with Crippen molar-refractivity contribution in [2.45, 2.75) is 26.7 Å². The first-order valence-corrected chi connectivity index (χ1v) is 8.56. The van der Waals surface area contributed by atoms with Gasteiger partial charge in [-0.2, -0.15) is 0 Å². The van der Waals surface area contributed by atoms with E-state index in [1.54, 1.807) is 6.20 Å². The number of rotatable bonds is 3. The summed E-state index contributed by atoms with van der Waals surface area (Å²) in [6, 6.07) is 5.65. The largest absolute Gasteiger partial charge is 0.339 e. The highest BCUT2D eigenvalue weighted by Gasteiger charge is 2.22. The Balaban J connectivity index is 1.69. The van der Waals surface area contributed by atoms with Crippen molar-refractivity contribution in [3.63, 3.8) is 0 Å². The molecule has 0 atom stereocenters. The van der Waals surface area contributed by atoms with E-state index in [-0.39, 0.29) is 5.91 Å². The van der Waals surface area contributed by atoms with Crippen molar-refractivity contribution in [3.05, 3.63) is 46.9 Å². The van der Waals surface area contributed by atoms with Crippen molar-refractivity contribution < 1.29 is 4.79 Å². The summed E-state index contributed by atoms with van der Waals surface area (Å²) >= 11 is 6.12. The van der Waals surface area contributed by atoms with Gasteiger partial charge in [0.15, 0.2) is 0 Å². The number of hydrogen-bond donors (Lipinski definition) is 1. The Labute approximate surface area is 147 Å². The van der Waals surface area contributed by atoms with E-state index in [1.165, 1.54) is 6.20 Å². The molecule has 1 aliphatic rings. The highest BCUT2D eigenvalue weighted by molar-refractivity contribution is 6.31. The highest BCUT2D eigenvalue weighted by atomic mass is 35.5. The minimum atomic E-state index is -0.0418. The van der Waals surface area contributed by atoms with Gasteiger partial charge in [-0.1, -0.05) is 24.6 Å². The molecule has 0 saturated carbocycles. The van der Waals surface area contributed by atoms with Crippen molar-refractivity contribution in [2.24, 2.45) is 5.92 Å². The van der Waals surface area contributed by atoms with Crippen LogP contribution >= 0.6 is 11.6 Å². The molecule has 1 aromatic heterocycles. The fraction of sp³-hybridized carbons (Fsp3) is 0.389. The molecule has 5 nitrogen and oxygen atoms in total. The van der Waals surface area contributed by atoms with Gasteiger partial charge in [0.2, 0.25) is 0 Å². The van der Waals surface area contributed by atoms with Crippen LogP contribution in [-0.4, -0.2) is 33.9 Å². The van der Waals surface area contributed by atoms with Gasteiger partial charge >= 0.3 is 0 Å². The quantitative estimate of drug-likeness (QED) is 0.912. The first-order chi connectivity index (χ1) is 11.5. The molecule has 1 fully saturated rings. The summed E-state index contributed by atoms with van der Waals surface area (Å²) in [5, 5.41) is 3.88. The Kier molecular flexibility index (Phi) is 5.00. The van der Waals surface area contributed by atoms with E-state index in [0.29, 0.717) is 22.5 Å². The van der Waals surface area contributed by atoms with Crippen molar-refractivity contribution >= 4 is 29.0 Å². The third-order valence-corrected chi connectivity index (χ3v) is 4.88. The molecule has 2 heterocycles. The molecule has 126 valence electrons. The molecule has 0 unspecified atom stereocenters. The van der Waals surface area contributed by atoms with E-state index >= 15 is 0 Å². The molecule has 0 radical (unpaired) electrons. The molecule has 1 aromatic carbocycles. The maximum atomic E-state index is 12.5. The number of piperidine rings is 1. The molecule has 1 saturated heterocycles. The number of likely N-dealkylation sites (tertiary alicyclic amines) is 1. The summed E-state index contributed by atoms with van der Waals surface area (Å²) in [6.07, 6.45) is 5.21. The number of anilines is 2. The van der Waals surface area contributed by atoms with Gasteiger partial charge in [0.25, 0.3) is 5.91 Å². The summed E-state index contributed by atoms with van der Waals surface area (Å²) in [4.78, 5) is 22.9. The van der Waals surface area contributed by atoms with E-state index in [4.69, 9.17) is 11.6 Å². The highest BCUT2D eigenvalue weighted by Crippen LogP contribution is 2.25. The molecule has 2 aromatic rings. The van der Waals surface area contributed by atoms with Gasteiger partial charge in [-0.15, -0.1) is 0 Å².